The monoisotopic (exact) mass is 331 g/mol. The van der Waals surface area contributed by atoms with E-state index in [1.807, 2.05) is 0 Å². The van der Waals surface area contributed by atoms with Crippen LogP contribution >= 0.6 is 12.4 Å². The van der Waals surface area contributed by atoms with Gasteiger partial charge in [0.25, 0.3) is 0 Å². The first-order chi connectivity index (χ1) is 10.3. The summed E-state index contributed by atoms with van der Waals surface area (Å²) in [7, 11) is 0. The molecule has 1 aliphatic carbocycles. The highest BCUT2D eigenvalue weighted by molar-refractivity contribution is 5.85. The number of halogens is 1. The summed E-state index contributed by atoms with van der Waals surface area (Å²) < 4.78 is 0. The molecule has 3 N–H and O–H groups in total. The van der Waals surface area contributed by atoms with Crippen LogP contribution in [-0.4, -0.2) is 37.5 Å². The van der Waals surface area contributed by atoms with Crippen LogP contribution in [0.2, 0.25) is 0 Å². The second-order valence-corrected chi connectivity index (χ2v) is 6.35. The Kier molecular flexibility index (Phi) is 9.48. The molecule has 0 radical (unpaired) electrons. The van der Waals surface area contributed by atoms with Crippen LogP contribution in [0, 0.1) is 5.92 Å². The van der Waals surface area contributed by atoms with Gasteiger partial charge in [-0.2, -0.15) is 0 Å². The third kappa shape index (κ3) is 6.97. The maximum atomic E-state index is 11.9. The van der Waals surface area contributed by atoms with Crippen LogP contribution in [0.1, 0.15) is 57.8 Å². The first-order valence-electron chi connectivity index (χ1n) is 8.53. The van der Waals surface area contributed by atoms with Crippen molar-refractivity contribution in [1.29, 1.82) is 0 Å². The molecule has 2 aliphatic rings. The first-order valence-corrected chi connectivity index (χ1v) is 8.53. The lowest BCUT2D eigenvalue weighted by atomic mass is 9.87. The molecular formula is C16H30ClN3O2. The van der Waals surface area contributed by atoms with Crippen LogP contribution in [0.15, 0.2) is 0 Å². The highest BCUT2D eigenvalue weighted by Crippen LogP contribution is 2.25. The fourth-order valence-electron chi connectivity index (χ4n) is 3.31. The quantitative estimate of drug-likeness (QED) is 0.649. The van der Waals surface area contributed by atoms with Crippen molar-refractivity contribution in [1.82, 2.24) is 16.0 Å². The van der Waals surface area contributed by atoms with Crippen molar-refractivity contribution in [3.8, 4) is 0 Å². The SMILES string of the molecule is Cl.O=C(CC1CCCCC1)NCCNC(=O)C1CCCCN1. The highest BCUT2D eigenvalue weighted by atomic mass is 35.5. The van der Waals surface area contributed by atoms with Gasteiger partial charge in [0.05, 0.1) is 6.04 Å². The third-order valence-electron chi connectivity index (χ3n) is 4.57. The summed E-state index contributed by atoms with van der Waals surface area (Å²) in [4.78, 5) is 23.7. The molecular weight excluding hydrogens is 302 g/mol. The number of rotatable bonds is 6. The summed E-state index contributed by atoms with van der Waals surface area (Å²) in [5.41, 5.74) is 0. The summed E-state index contributed by atoms with van der Waals surface area (Å²) >= 11 is 0. The van der Waals surface area contributed by atoms with E-state index >= 15 is 0 Å². The Hall–Kier alpha value is -0.810. The molecule has 1 aliphatic heterocycles. The van der Waals surface area contributed by atoms with Crippen molar-refractivity contribution in [3.63, 3.8) is 0 Å². The molecule has 22 heavy (non-hydrogen) atoms. The number of carbonyl (C=O) groups is 2. The van der Waals surface area contributed by atoms with Crippen LogP contribution in [0.4, 0.5) is 0 Å². The summed E-state index contributed by atoms with van der Waals surface area (Å²) in [6, 6.07) is -0.0447. The lowest BCUT2D eigenvalue weighted by Gasteiger charge is -2.22. The van der Waals surface area contributed by atoms with Gasteiger partial charge in [-0.15, -0.1) is 12.4 Å². The van der Waals surface area contributed by atoms with E-state index in [2.05, 4.69) is 16.0 Å². The number of piperidine rings is 1. The predicted octanol–water partition coefficient (Wildman–Crippen LogP) is 1.75. The van der Waals surface area contributed by atoms with E-state index < -0.39 is 0 Å². The van der Waals surface area contributed by atoms with Gasteiger partial charge in [0, 0.05) is 19.5 Å². The second kappa shape index (κ2) is 10.8. The maximum Gasteiger partial charge on any atom is 0.237 e. The minimum Gasteiger partial charge on any atom is -0.354 e. The second-order valence-electron chi connectivity index (χ2n) is 6.35. The molecule has 0 aromatic rings. The zero-order valence-corrected chi connectivity index (χ0v) is 14.2. The van der Waals surface area contributed by atoms with Crippen LogP contribution in [0.3, 0.4) is 0 Å². The van der Waals surface area contributed by atoms with E-state index in [1.165, 1.54) is 32.1 Å². The minimum absolute atomic E-state index is 0. The summed E-state index contributed by atoms with van der Waals surface area (Å²) in [5.74, 6) is 0.767. The average molecular weight is 332 g/mol. The fraction of sp³-hybridized carbons (Fsp3) is 0.875. The summed E-state index contributed by atoms with van der Waals surface area (Å²) in [6.07, 6.45) is 10.1. The van der Waals surface area contributed by atoms with Gasteiger partial charge in [-0.25, -0.2) is 0 Å². The van der Waals surface area contributed by atoms with Crippen LogP contribution in [0.5, 0.6) is 0 Å². The van der Waals surface area contributed by atoms with E-state index in [1.54, 1.807) is 0 Å². The largest absolute Gasteiger partial charge is 0.354 e. The van der Waals surface area contributed by atoms with Gasteiger partial charge in [-0.3, -0.25) is 9.59 Å². The Morgan fingerprint density at radius 2 is 1.59 bits per heavy atom. The van der Waals surface area contributed by atoms with Crippen molar-refractivity contribution in [2.75, 3.05) is 19.6 Å². The number of nitrogens with one attached hydrogen (secondary N) is 3. The standard InChI is InChI=1S/C16H29N3O2.ClH/c20-15(12-13-6-2-1-3-7-13)18-10-11-19-16(21)14-8-4-5-9-17-14;/h13-14,17H,1-12H2,(H,18,20)(H,19,21);1H. The Morgan fingerprint density at radius 3 is 2.27 bits per heavy atom. The van der Waals surface area contributed by atoms with Crippen molar-refractivity contribution >= 4 is 24.2 Å². The lowest BCUT2D eigenvalue weighted by molar-refractivity contribution is -0.124. The van der Waals surface area contributed by atoms with Gasteiger partial charge in [-0.1, -0.05) is 25.7 Å². The molecule has 5 nitrogen and oxygen atoms in total. The number of amides is 2. The highest BCUT2D eigenvalue weighted by Gasteiger charge is 2.20. The van der Waals surface area contributed by atoms with Gasteiger partial charge in [0.15, 0.2) is 0 Å². The smallest absolute Gasteiger partial charge is 0.237 e. The molecule has 2 fully saturated rings. The molecule has 1 saturated carbocycles. The number of hydrogen-bond acceptors (Lipinski definition) is 3. The molecule has 128 valence electrons. The van der Waals surface area contributed by atoms with Crippen molar-refractivity contribution < 1.29 is 9.59 Å². The number of hydrogen-bond donors (Lipinski definition) is 3. The molecule has 0 spiro atoms. The molecule has 6 heteroatoms. The van der Waals surface area contributed by atoms with E-state index in [0.717, 1.165) is 25.8 Å². The van der Waals surface area contributed by atoms with Crippen LogP contribution < -0.4 is 16.0 Å². The van der Waals surface area contributed by atoms with Crippen LogP contribution in [0.25, 0.3) is 0 Å². The number of carbonyl (C=O) groups excluding carboxylic acids is 2. The maximum absolute atomic E-state index is 11.9. The summed E-state index contributed by atoms with van der Waals surface area (Å²) in [6.45, 7) is 1.98. The van der Waals surface area contributed by atoms with E-state index in [4.69, 9.17) is 0 Å². The molecule has 1 unspecified atom stereocenters. The average Bonchev–Trinajstić information content (AvgIpc) is 2.53. The zero-order chi connectivity index (χ0) is 14.9. The predicted molar refractivity (Wildman–Crippen MR) is 90.1 cm³/mol. The topological polar surface area (TPSA) is 70.2 Å². The molecule has 0 bridgehead atoms. The van der Waals surface area contributed by atoms with Gasteiger partial charge < -0.3 is 16.0 Å². The normalized spacial score (nSPS) is 22.5. The lowest BCUT2D eigenvalue weighted by Crippen LogP contribution is -2.48. The Morgan fingerprint density at radius 1 is 0.909 bits per heavy atom. The van der Waals surface area contributed by atoms with Gasteiger partial charge in [0.1, 0.15) is 0 Å². The molecule has 1 heterocycles. The molecule has 1 saturated heterocycles. The fourth-order valence-corrected chi connectivity index (χ4v) is 3.31. The van der Waals surface area contributed by atoms with E-state index in [-0.39, 0.29) is 30.3 Å². The first kappa shape index (κ1) is 19.2. The Labute approximate surface area is 139 Å². The van der Waals surface area contributed by atoms with Gasteiger partial charge >= 0.3 is 0 Å². The zero-order valence-electron chi connectivity index (χ0n) is 13.4. The van der Waals surface area contributed by atoms with Crippen LogP contribution in [-0.2, 0) is 9.59 Å². The van der Waals surface area contributed by atoms with Crippen molar-refractivity contribution in [2.45, 2.75) is 63.8 Å². The van der Waals surface area contributed by atoms with Crippen molar-refractivity contribution in [3.05, 3.63) is 0 Å². The Bertz CT molecular complexity index is 340. The van der Waals surface area contributed by atoms with E-state index in [9.17, 15) is 9.59 Å². The molecule has 0 aromatic carbocycles. The third-order valence-corrected chi connectivity index (χ3v) is 4.57. The molecule has 2 rings (SSSR count). The molecule has 1 atom stereocenters. The minimum atomic E-state index is -0.0447. The van der Waals surface area contributed by atoms with E-state index in [0.29, 0.717) is 25.4 Å². The van der Waals surface area contributed by atoms with Gasteiger partial charge in [-0.05, 0) is 38.1 Å². The van der Waals surface area contributed by atoms with Crippen molar-refractivity contribution in [2.24, 2.45) is 5.92 Å². The molecule has 2 amide bonds. The Balaban J connectivity index is 0.00000242. The van der Waals surface area contributed by atoms with Gasteiger partial charge in [0.2, 0.25) is 11.8 Å². The summed E-state index contributed by atoms with van der Waals surface area (Å²) in [5, 5.41) is 9.03. The molecule has 0 aromatic heterocycles.